The van der Waals surface area contributed by atoms with Gasteiger partial charge in [-0.1, -0.05) is 54.1 Å². The summed E-state index contributed by atoms with van der Waals surface area (Å²) in [6.45, 7) is 3.84. The quantitative estimate of drug-likeness (QED) is 0.331. The molecule has 0 heterocycles. The van der Waals surface area contributed by atoms with Crippen molar-refractivity contribution in [3.8, 4) is 0 Å². The largest absolute Gasteiger partial charge is 0.357 e. The number of rotatable bonds is 7. The van der Waals surface area contributed by atoms with E-state index < -0.39 is 9.84 Å². The maximum Gasteiger partial charge on any atom is 0.191 e. The third kappa shape index (κ3) is 8.94. The number of hydrogen-bond donors (Lipinski definition) is 2. The summed E-state index contributed by atoms with van der Waals surface area (Å²) in [5.41, 5.74) is 2.80. The van der Waals surface area contributed by atoms with Crippen LogP contribution in [0.25, 0.3) is 0 Å². The maximum absolute atomic E-state index is 11.3. The second kappa shape index (κ2) is 11.5. The zero-order valence-corrected chi connectivity index (χ0v) is 19.3. The number of hydrogen-bond acceptors (Lipinski definition) is 3. The van der Waals surface area contributed by atoms with Gasteiger partial charge in [0, 0.05) is 24.4 Å². The summed E-state index contributed by atoms with van der Waals surface area (Å²) < 4.78 is 22.7. The number of nitrogens with zero attached hydrogens (tertiary/aromatic N) is 1. The normalized spacial score (nSPS) is 11.6. The molecule has 0 aromatic heterocycles. The molecule has 0 aliphatic heterocycles. The summed E-state index contributed by atoms with van der Waals surface area (Å²) in [5.74, 6) is 0.756. The molecular formula is C19H25ClIN3O2S. The highest BCUT2D eigenvalue weighted by Crippen LogP contribution is 2.14. The van der Waals surface area contributed by atoms with Gasteiger partial charge in [-0.25, -0.2) is 13.4 Å². The Morgan fingerprint density at radius 2 is 1.67 bits per heavy atom. The third-order valence-electron chi connectivity index (χ3n) is 3.62. The Bertz CT molecular complexity index is 856. The lowest BCUT2D eigenvalue weighted by atomic mass is 10.1. The van der Waals surface area contributed by atoms with E-state index in [1.54, 1.807) is 0 Å². The van der Waals surface area contributed by atoms with E-state index in [2.05, 4.69) is 15.6 Å². The molecule has 2 aromatic rings. The van der Waals surface area contributed by atoms with Gasteiger partial charge >= 0.3 is 0 Å². The Balaban J connectivity index is 0.00000364. The minimum absolute atomic E-state index is 0. The second-order valence-electron chi connectivity index (χ2n) is 6.03. The van der Waals surface area contributed by atoms with E-state index in [1.165, 1.54) is 6.26 Å². The van der Waals surface area contributed by atoms with E-state index in [0.29, 0.717) is 19.0 Å². The van der Waals surface area contributed by atoms with Gasteiger partial charge in [-0.2, -0.15) is 0 Å². The van der Waals surface area contributed by atoms with Crippen LogP contribution in [0.1, 0.15) is 23.6 Å². The van der Waals surface area contributed by atoms with Gasteiger partial charge in [-0.15, -0.1) is 24.0 Å². The van der Waals surface area contributed by atoms with E-state index in [0.717, 1.165) is 28.3 Å². The van der Waals surface area contributed by atoms with E-state index in [9.17, 15) is 8.42 Å². The van der Waals surface area contributed by atoms with Crippen molar-refractivity contribution in [3.05, 3.63) is 70.2 Å². The Hall–Kier alpha value is -1.32. The van der Waals surface area contributed by atoms with Gasteiger partial charge in [0.15, 0.2) is 15.8 Å². The fraction of sp³-hybridized carbons (Fsp3) is 0.316. The molecule has 0 saturated carbocycles. The van der Waals surface area contributed by atoms with Crippen LogP contribution in [-0.2, 0) is 28.7 Å². The number of benzene rings is 2. The highest BCUT2D eigenvalue weighted by Gasteiger charge is 2.05. The predicted molar refractivity (Wildman–Crippen MR) is 124 cm³/mol. The Morgan fingerprint density at radius 1 is 1.04 bits per heavy atom. The average molecular weight is 522 g/mol. The average Bonchev–Trinajstić information content (AvgIpc) is 2.58. The van der Waals surface area contributed by atoms with Crippen LogP contribution in [0, 0.1) is 0 Å². The Kier molecular flexibility index (Phi) is 10.1. The van der Waals surface area contributed by atoms with Crippen LogP contribution in [0.5, 0.6) is 0 Å². The van der Waals surface area contributed by atoms with Crippen LogP contribution >= 0.6 is 35.6 Å². The number of nitrogens with one attached hydrogen (secondary N) is 2. The Labute approximate surface area is 183 Å². The van der Waals surface area contributed by atoms with E-state index in [4.69, 9.17) is 11.6 Å². The summed E-state index contributed by atoms with van der Waals surface area (Å²) in [6.07, 6.45) is 1.23. The van der Waals surface area contributed by atoms with Crippen LogP contribution in [0.3, 0.4) is 0 Å². The van der Waals surface area contributed by atoms with E-state index in [1.807, 2.05) is 55.5 Å². The van der Waals surface area contributed by atoms with Crippen LogP contribution in [0.2, 0.25) is 5.02 Å². The fourth-order valence-corrected chi connectivity index (χ4v) is 3.38. The highest BCUT2D eigenvalue weighted by atomic mass is 127. The number of sulfone groups is 1. The smallest absolute Gasteiger partial charge is 0.191 e. The Morgan fingerprint density at radius 3 is 2.26 bits per heavy atom. The first kappa shape index (κ1) is 23.7. The third-order valence-corrected chi connectivity index (χ3v) is 4.85. The van der Waals surface area contributed by atoms with E-state index in [-0.39, 0.29) is 29.7 Å². The van der Waals surface area contributed by atoms with E-state index >= 15 is 0 Å². The standard InChI is InChI=1S/C19H24ClN3O2S.HI/c1-3-21-19(23-13-17-6-4-5-7-18(17)20)22-12-15-8-10-16(11-9-15)14-26(2,24)25;/h4-11H,3,12-14H2,1-2H3,(H2,21,22,23);1H. The summed E-state index contributed by atoms with van der Waals surface area (Å²) in [5, 5.41) is 7.19. The lowest BCUT2D eigenvalue weighted by molar-refractivity contribution is 0.601. The summed E-state index contributed by atoms with van der Waals surface area (Å²) >= 11 is 6.18. The lowest BCUT2D eigenvalue weighted by Gasteiger charge is -2.12. The second-order valence-corrected chi connectivity index (χ2v) is 8.57. The zero-order valence-electron chi connectivity index (χ0n) is 15.4. The van der Waals surface area contributed by atoms with Crippen molar-refractivity contribution in [1.82, 2.24) is 10.6 Å². The lowest BCUT2D eigenvalue weighted by Crippen LogP contribution is -2.36. The van der Waals surface area contributed by atoms with Crippen LogP contribution in [0.15, 0.2) is 53.5 Å². The van der Waals surface area contributed by atoms with Crippen molar-refractivity contribution in [2.24, 2.45) is 4.99 Å². The predicted octanol–water partition coefficient (Wildman–Crippen LogP) is 3.76. The van der Waals surface area contributed by atoms with Crippen LogP contribution < -0.4 is 10.6 Å². The SMILES string of the molecule is CCNC(=NCc1ccc(CS(C)(=O)=O)cc1)NCc1ccccc1Cl.I. The van der Waals surface area contributed by atoms with Gasteiger partial charge in [0.2, 0.25) is 0 Å². The summed E-state index contributed by atoms with van der Waals surface area (Å²) in [4.78, 5) is 4.57. The van der Waals surface area contributed by atoms with Crippen molar-refractivity contribution >= 4 is 51.4 Å². The molecule has 0 radical (unpaired) electrons. The van der Waals surface area contributed by atoms with Crippen molar-refractivity contribution in [3.63, 3.8) is 0 Å². The molecule has 0 atom stereocenters. The first-order valence-electron chi connectivity index (χ1n) is 8.38. The van der Waals surface area contributed by atoms with Crippen molar-refractivity contribution in [2.75, 3.05) is 12.8 Å². The number of guanidine groups is 1. The molecule has 2 rings (SSSR count). The van der Waals surface area contributed by atoms with Gasteiger partial charge in [0.05, 0.1) is 12.3 Å². The fourth-order valence-electron chi connectivity index (χ4n) is 2.38. The van der Waals surface area contributed by atoms with Gasteiger partial charge in [0.1, 0.15) is 0 Å². The highest BCUT2D eigenvalue weighted by molar-refractivity contribution is 14.0. The van der Waals surface area contributed by atoms with Crippen LogP contribution in [0.4, 0.5) is 0 Å². The van der Waals surface area contributed by atoms with Crippen LogP contribution in [-0.4, -0.2) is 27.2 Å². The van der Waals surface area contributed by atoms with Gasteiger partial charge in [-0.05, 0) is 29.7 Å². The minimum Gasteiger partial charge on any atom is -0.357 e. The zero-order chi connectivity index (χ0) is 19.0. The molecule has 0 spiro atoms. The maximum atomic E-state index is 11.3. The van der Waals surface area contributed by atoms with Gasteiger partial charge < -0.3 is 10.6 Å². The number of aliphatic imine (C=N–C) groups is 1. The molecule has 0 bridgehead atoms. The first-order valence-corrected chi connectivity index (χ1v) is 10.8. The first-order chi connectivity index (χ1) is 12.4. The summed E-state index contributed by atoms with van der Waals surface area (Å²) in [6, 6.07) is 15.2. The van der Waals surface area contributed by atoms with Gasteiger partial charge in [0.25, 0.3) is 0 Å². The molecule has 0 unspecified atom stereocenters. The van der Waals surface area contributed by atoms with Crippen molar-refractivity contribution < 1.29 is 8.42 Å². The monoisotopic (exact) mass is 521 g/mol. The van der Waals surface area contributed by atoms with Gasteiger partial charge in [-0.3, -0.25) is 0 Å². The molecule has 148 valence electrons. The molecule has 0 aliphatic rings. The molecule has 5 nitrogen and oxygen atoms in total. The molecular weight excluding hydrogens is 497 g/mol. The molecule has 0 fully saturated rings. The summed E-state index contributed by atoms with van der Waals surface area (Å²) in [7, 11) is -3.02. The molecule has 0 aliphatic carbocycles. The van der Waals surface area contributed by atoms with Crippen molar-refractivity contribution in [1.29, 1.82) is 0 Å². The molecule has 27 heavy (non-hydrogen) atoms. The topological polar surface area (TPSA) is 70.6 Å². The molecule has 2 N–H and O–H groups in total. The molecule has 0 saturated heterocycles. The number of halogens is 2. The molecule has 0 amide bonds. The molecule has 2 aromatic carbocycles. The minimum atomic E-state index is -3.02. The van der Waals surface area contributed by atoms with Crippen molar-refractivity contribution in [2.45, 2.75) is 25.8 Å². The molecule has 8 heteroatoms.